The number of ether oxygens (including phenoxy) is 1. The molecule has 0 aliphatic rings. The molecule has 0 unspecified atom stereocenters. The number of aromatic nitrogens is 1. The molecule has 8 heteroatoms. The molecule has 2 aromatic rings. The van der Waals surface area contributed by atoms with Crippen molar-refractivity contribution >= 4 is 27.5 Å². The molecular weight excluding hydrogens is 409 g/mol. The van der Waals surface area contributed by atoms with Crippen molar-refractivity contribution in [1.82, 2.24) is 4.57 Å². The SMILES string of the molecule is CCOCCn1c(-c2ccc(Cl)cc2)c(C#N)c(Br)c1C(F)(F)F. The summed E-state index contributed by atoms with van der Waals surface area (Å²) in [4.78, 5) is 0. The van der Waals surface area contributed by atoms with Crippen LogP contribution >= 0.6 is 27.5 Å². The van der Waals surface area contributed by atoms with E-state index in [2.05, 4.69) is 15.9 Å². The molecule has 0 atom stereocenters. The summed E-state index contributed by atoms with van der Waals surface area (Å²) in [6.45, 7) is 2.23. The number of alkyl halides is 3. The molecule has 1 aromatic carbocycles. The minimum Gasteiger partial charge on any atom is -0.380 e. The molecule has 1 aromatic heterocycles. The predicted molar refractivity (Wildman–Crippen MR) is 88.8 cm³/mol. The Kier molecular flexibility index (Phi) is 5.97. The fourth-order valence-corrected chi connectivity index (χ4v) is 3.24. The number of hydrogen-bond donors (Lipinski definition) is 0. The van der Waals surface area contributed by atoms with Gasteiger partial charge in [0.25, 0.3) is 0 Å². The average molecular weight is 422 g/mol. The first kappa shape index (κ1) is 18.8. The van der Waals surface area contributed by atoms with E-state index in [0.29, 0.717) is 17.2 Å². The van der Waals surface area contributed by atoms with Crippen LogP contribution in [0.25, 0.3) is 11.3 Å². The number of benzene rings is 1. The van der Waals surface area contributed by atoms with Crippen LogP contribution < -0.4 is 0 Å². The van der Waals surface area contributed by atoms with Crippen molar-refractivity contribution in [3.8, 4) is 17.3 Å². The van der Waals surface area contributed by atoms with Crippen molar-refractivity contribution in [2.75, 3.05) is 13.2 Å². The lowest BCUT2D eigenvalue weighted by Gasteiger charge is -2.16. The number of hydrogen-bond acceptors (Lipinski definition) is 2. The molecule has 0 spiro atoms. The van der Waals surface area contributed by atoms with Crippen molar-refractivity contribution in [3.05, 3.63) is 45.0 Å². The molecule has 24 heavy (non-hydrogen) atoms. The quantitative estimate of drug-likeness (QED) is 0.598. The van der Waals surface area contributed by atoms with Crippen LogP contribution in [-0.4, -0.2) is 17.8 Å². The third-order valence-electron chi connectivity index (χ3n) is 3.37. The fraction of sp³-hybridized carbons (Fsp3) is 0.312. The average Bonchev–Trinajstić information content (AvgIpc) is 2.80. The van der Waals surface area contributed by atoms with Gasteiger partial charge >= 0.3 is 6.18 Å². The molecule has 2 rings (SSSR count). The van der Waals surface area contributed by atoms with Crippen molar-refractivity contribution in [1.29, 1.82) is 5.26 Å². The lowest BCUT2D eigenvalue weighted by atomic mass is 10.1. The van der Waals surface area contributed by atoms with Crippen LogP contribution in [0.1, 0.15) is 18.2 Å². The van der Waals surface area contributed by atoms with E-state index in [4.69, 9.17) is 16.3 Å². The summed E-state index contributed by atoms with van der Waals surface area (Å²) in [6.07, 6.45) is -4.61. The minimum atomic E-state index is -4.61. The summed E-state index contributed by atoms with van der Waals surface area (Å²) in [5.41, 5.74) is -0.304. The summed E-state index contributed by atoms with van der Waals surface area (Å²) in [5, 5.41) is 9.83. The molecule has 1 heterocycles. The molecule has 0 bridgehead atoms. The van der Waals surface area contributed by atoms with Crippen LogP contribution in [0.3, 0.4) is 0 Å². The number of halogens is 5. The first-order valence-electron chi connectivity index (χ1n) is 7.04. The Morgan fingerprint density at radius 2 is 1.92 bits per heavy atom. The van der Waals surface area contributed by atoms with E-state index in [-0.39, 0.29) is 28.9 Å². The van der Waals surface area contributed by atoms with Gasteiger partial charge in [-0.15, -0.1) is 0 Å². The van der Waals surface area contributed by atoms with Crippen molar-refractivity contribution in [3.63, 3.8) is 0 Å². The highest BCUT2D eigenvalue weighted by Gasteiger charge is 2.40. The summed E-state index contributed by atoms with van der Waals surface area (Å²) in [5.74, 6) is 0. The minimum absolute atomic E-state index is 0.0269. The smallest absolute Gasteiger partial charge is 0.380 e. The zero-order valence-corrected chi connectivity index (χ0v) is 15.0. The highest BCUT2D eigenvalue weighted by atomic mass is 79.9. The van der Waals surface area contributed by atoms with Gasteiger partial charge in [-0.05, 0) is 40.5 Å². The van der Waals surface area contributed by atoms with Crippen molar-refractivity contribution in [2.24, 2.45) is 0 Å². The highest BCUT2D eigenvalue weighted by Crippen LogP contribution is 2.43. The lowest BCUT2D eigenvalue weighted by molar-refractivity contribution is -0.144. The Morgan fingerprint density at radius 3 is 2.42 bits per heavy atom. The van der Waals surface area contributed by atoms with Gasteiger partial charge in [0.15, 0.2) is 0 Å². The van der Waals surface area contributed by atoms with Gasteiger partial charge in [0.05, 0.1) is 22.3 Å². The molecule has 128 valence electrons. The monoisotopic (exact) mass is 420 g/mol. The Labute approximate surface area is 150 Å². The van der Waals surface area contributed by atoms with Crippen molar-refractivity contribution in [2.45, 2.75) is 19.6 Å². The van der Waals surface area contributed by atoms with Gasteiger partial charge in [-0.25, -0.2) is 0 Å². The van der Waals surface area contributed by atoms with E-state index >= 15 is 0 Å². The van der Waals surface area contributed by atoms with Gasteiger partial charge < -0.3 is 9.30 Å². The second kappa shape index (κ2) is 7.60. The second-order valence-corrected chi connectivity index (χ2v) is 6.08. The van der Waals surface area contributed by atoms with E-state index in [9.17, 15) is 18.4 Å². The van der Waals surface area contributed by atoms with Crippen LogP contribution in [0.4, 0.5) is 13.2 Å². The topological polar surface area (TPSA) is 38.0 Å². The third kappa shape index (κ3) is 3.77. The van der Waals surface area contributed by atoms with E-state index in [1.807, 2.05) is 6.07 Å². The van der Waals surface area contributed by atoms with Gasteiger partial charge in [-0.3, -0.25) is 0 Å². The van der Waals surface area contributed by atoms with E-state index in [1.54, 1.807) is 31.2 Å². The largest absolute Gasteiger partial charge is 0.432 e. The molecule has 0 radical (unpaired) electrons. The first-order valence-corrected chi connectivity index (χ1v) is 8.21. The van der Waals surface area contributed by atoms with E-state index in [0.717, 1.165) is 4.57 Å². The van der Waals surface area contributed by atoms with E-state index in [1.165, 1.54) is 0 Å². The van der Waals surface area contributed by atoms with Crippen LogP contribution in [0, 0.1) is 11.3 Å². The molecule has 0 saturated carbocycles. The van der Waals surface area contributed by atoms with E-state index < -0.39 is 11.9 Å². The summed E-state index contributed by atoms with van der Waals surface area (Å²) in [6, 6.07) is 8.17. The number of nitriles is 1. The Balaban J connectivity index is 2.70. The van der Waals surface area contributed by atoms with Gasteiger partial charge in [0, 0.05) is 18.2 Å². The number of rotatable bonds is 5. The maximum Gasteiger partial charge on any atom is 0.432 e. The molecule has 0 saturated heterocycles. The van der Waals surface area contributed by atoms with Crippen LogP contribution in [0.5, 0.6) is 0 Å². The molecule has 0 aliphatic heterocycles. The Morgan fingerprint density at radius 1 is 1.29 bits per heavy atom. The summed E-state index contributed by atoms with van der Waals surface area (Å²) < 4.78 is 46.5. The third-order valence-corrected chi connectivity index (χ3v) is 4.39. The van der Waals surface area contributed by atoms with Crippen molar-refractivity contribution < 1.29 is 17.9 Å². The Hall–Kier alpha value is -1.49. The van der Waals surface area contributed by atoms with Gasteiger partial charge in [0.1, 0.15) is 11.8 Å². The normalized spacial score (nSPS) is 11.5. The van der Waals surface area contributed by atoms with Crippen LogP contribution in [-0.2, 0) is 17.5 Å². The standard InChI is InChI=1S/C16H13BrClF3N2O/c1-2-24-8-7-23-14(10-3-5-11(18)6-4-10)12(9-22)13(17)15(23)16(19,20)21/h3-6H,2,7-8H2,1H3. The van der Waals surface area contributed by atoms with Gasteiger partial charge in [-0.1, -0.05) is 23.7 Å². The lowest BCUT2D eigenvalue weighted by Crippen LogP contribution is -2.17. The maximum absolute atomic E-state index is 13.5. The molecule has 0 aliphatic carbocycles. The fourth-order valence-electron chi connectivity index (χ4n) is 2.40. The molecule has 3 nitrogen and oxygen atoms in total. The maximum atomic E-state index is 13.5. The number of nitrogens with zero attached hydrogens (tertiary/aromatic N) is 2. The first-order chi connectivity index (χ1) is 11.3. The van der Waals surface area contributed by atoms with Crippen LogP contribution in [0.2, 0.25) is 5.02 Å². The zero-order valence-electron chi connectivity index (χ0n) is 12.6. The Bertz CT molecular complexity index is 764. The molecule has 0 N–H and O–H groups in total. The molecule has 0 fully saturated rings. The zero-order chi connectivity index (χ0) is 17.9. The summed E-state index contributed by atoms with van der Waals surface area (Å²) >= 11 is 8.78. The summed E-state index contributed by atoms with van der Waals surface area (Å²) in [7, 11) is 0. The molecular formula is C16H13BrClF3N2O. The molecule has 0 amide bonds. The van der Waals surface area contributed by atoms with Crippen LogP contribution in [0.15, 0.2) is 28.7 Å². The van der Waals surface area contributed by atoms with Gasteiger partial charge in [-0.2, -0.15) is 18.4 Å². The second-order valence-electron chi connectivity index (χ2n) is 4.85. The highest BCUT2D eigenvalue weighted by molar-refractivity contribution is 9.10. The van der Waals surface area contributed by atoms with Gasteiger partial charge in [0.2, 0.25) is 0 Å². The predicted octanol–water partition coefficient (Wildman–Crippen LogP) is 5.50.